The van der Waals surface area contributed by atoms with Crippen LogP contribution in [0.1, 0.15) is 12.8 Å². The van der Waals surface area contributed by atoms with Crippen molar-refractivity contribution in [2.75, 3.05) is 6.61 Å². The third-order valence-electron chi connectivity index (χ3n) is 1.80. The van der Waals surface area contributed by atoms with Crippen molar-refractivity contribution in [1.29, 1.82) is 0 Å². The molecule has 0 bridgehead atoms. The van der Waals surface area contributed by atoms with Crippen LogP contribution in [0.4, 0.5) is 0 Å². The summed E-state index contributed by atoms with van der Waals surface area (Å²) in [5, 5.41) is 8.57. The van der Waals surface area contributed by atoms with Crippen molar-refractivity contribution in [2.24, 2.45) is 5.73 Å². The Labute approximate surface area is 64.9 Å². The number of carbonyl (C=O) groups excluding carboxylic acids is 1. The highest BCUT2D eigenvalue weighted by Gasteiger charge is 2.26. The lowest BCUT2D eigenvalue weighted by Gasteiger charge is -2.04. The molecule has 0 radical (unpaired) electrons. The molecule has 5 N–H and O–H groups in total. The zero-order chi connectivity index (χ0) is 8.27. The highest BCUT2D eigenvalue weighted by Crippen LogP contribution is 2.06. The second-order valence-corrected chi connectivity index (χ2v) is 2.69. The van der Waals surface area contributed by atoms with E-state index in [-0.39, 0.29) is 24.6 Å². The Morgan fingerprint density at radius 2 is 2.36 bits per heavy atom. The quantitative estimate of drug-likeness (QED) is 0.387. The molecule has 2 atom stereocenters. The van der Waals surface area contributed by atoms with E-state index in [9.17, 15) is 4.79 Å². The van der Waals surface area contributed by atoms with E-state index < -0.39 is 0 Å². The summed E-state index contributed by atoms with van der Waals surface area (Å²) in [6.45, 7) is 0.130. The lowest BCUT2D eigenvalue weighted by Crippen LogP contribution is -2.40. The summed E-state index contributed by atoms with van der Waals surface area (Å²) in [6.07, 6.45) is 1.31. The molecule has 1 aliphatic heterocycles. The highest BCUT2D eigenvalue weighted by atomic mass is 16.3. The van der Waals surface area contributed by atoms with Gasteiger partial charge in [-0.25, -0.2) is 5.43 Å². The van der Waals surface area contributed by atoms with Crippen molar-refractivity contribution in [3.63, 3.8) is 0 Å². The fourth-order valence-electron chi connectivity index (χ4n) is 1.15. The number of aliphatic hydroxyl groups is 1. The smallest absolute Gasteiger partial charge is 0.235 e. The van der Waals surface area contributed by atoms with Crippen LogP contribution in [-0.2, 0) is 4.79 Å². The molecule has 0 aromatic heterocycles. The number of hydrazine groups is 1. The average molecular weight is 159 g/mol. The Morgan fingerprint density at radius 1 is 1.64 bits per heavy atom. The first-order chi connectivity index (χ1) is 5.24. The van der Waals surface area contributed by atoms with Crippen molar-refractivity contribution in [3.8, 4) is 0 Å². The topological polar surface area (TPSA) is 87.4 Å². The first-order valence-corrected chi connectivity index (χ1v) is 3.65. The van der Waals surface area contributed by atoms with Crippen LogP contribution in [0, 0.1) is 0 Å². The van der Waals surface area contributed by atoms with Crippen molar-refractivity contribution in [2.45, 2.75) is 24.9 Å². The number of rotatable bonds is 3. The van der Waals surface area contributed by atoms with Crippen LogP contribution in [0.25, 0.3) is 0 Å². The van der Waals surface area contributed by atoms with Gasteiger partial charge in [-0.2, -0.15) is 0 Å². The number of primary amides is 1. The predicted molar refractivity (Wildman–Crippen MR) is 39.4 cm³/mol. The Bertz CT molecular complexity index is 151. The van der Waals surface area contributed by atoms with Crippen LogP contribution in [0.15, 0.2) is 0 Å². The number of hydrogen-bond acceptors (Lipinski definition) is 4. The Morgan fingerprint density at radius 3 is 2.82 bits per heavy atom. The van der Waals surface area contributed by atoms with Gasteiger partial charge >= 0.3 is 0 Å². The van der Waals surface area contributed by atoms with Gasteiger partial charge in [0.25, 0.3) is 0 Å². The maximum atomic E-state index is 10.6. The van der Waals surface area contributed by atoms with Crippen molar-refractivity contribution in [1.82, 2.24) is 10.9 Å². The second kappa shape index (κ2) is 3.66. The third kappa shape index (κ3) is 2.14. The normalized spacial score (nSPS) is 30.6. The number of nitrogens with two attached hydrogens (primary N) is 1. The number of hydrogen-bond donors (Lipinski definition) is 4. The molecule has 2 unspecified atom stereocenters. The minimum Gasteiger partial charge on any atom is -0.396 e. The minimum atomic E-state index is -0.349. The first kappa shape index (κ1) is 8.45. The number of amides is 1. The Kier molecular flexibility index (Phi) is 2.81. The van der Waals surface area contributed by atoms with Gasteiger partial charge in [0.05, 0.1) is 0 Å². The molecule has 5 heteroatoms. The van der Waals surface area contributed by atoms with Gasteiger partial charge in [0.15, 0.2) is 0 Å². The number of carbonyl (C=O) groups is 1. The van der Waals surface area contributed by atoms with E-state index in [1.54, 1.807) is 0 Å². The van der Waals surface area contributed by atoms with E-state index in [4.69, 9.17) is 10.8 Å². The van der Waals surface area contributed by atoms with E-state index >= 15 is 0 Å². The molecule has 1 saturated heterocycles. The van der Waals surface area contributed by atoms with Crippen LogP contribution >= 0.6 is 0 Å². The molecule has 1 fully saturated rings. The molecule has 1 heterocycles. The van der Waals surface area contributed by atoms with Crippen molar-refractivity contribution >= 4 is 5.91 Å². The van der Waals surface area contributed by atoms with Gasteiger partial charge in [-0.05, 0) is 12.8 Å². The number of nitrogens with one attached hydrogen (secondary N) is 2. The van der Waals surface area contributed by atoms with Crippen LogP contribution < -0.4 is 16.6 Å². The minimum absolute atomic E-state index is 0.130. The molecule has 64 valence electrons. The molecule has 11 heavy (non-hydrogen) atoms. The van der Waals surface area contributed by atoms with E-state index in [1.165, 1.54) is 0 Å². The highest BCUT2D eigenvalue weighted by molar-refractivity contribution is 5.80. The summed E-state index contributed by atoms with van der Waals surface area (Å²) in [7, 11) is 0. The standard InChI is InChI=1S/C6H13N3O2/c7-6(11)5-3-4(1-2-10)8-9-5/h4-5,8-10H,1-3H2,(H2,7,11). The zero-order valence-corrected chi connectivity index (χ0v) is 6.21. The molecule has 1 aliphatic rings. The van der Waals surface area contributed by atoms with Crippen LogP contribution in [0.5, 0.6) is 0 Å². The molecule has 0 saturated carbocycles. The fraction of sp³-hybridized carbons (Fsp3) is 0.833. The second-order valence-electron chi connectivity index (χ2n) is 2.69. The monoisotopic (exact) mass is 159 g/mol. The predicted octanol–water partition coefficient (Wildman–Crippen LogP) is -1.91. The summed E-state index contributed by atoms with van der Waals surface area (Å²) < 4.78 is 0. The van der Waals surface area contributed by atoms with E-state index in [0.29, 0.717) is 12.8 Å². The first-order valence-electron chi connectivity index (χ1n) is 3.65. The van der Waals surface area contributed by atoms with E-state index in [1.807, 2.05) is 0 Å². The molecule has 1 rings (SSSR count). The molecule has 1 amide bonds. The maximum Gasteiger partial charge on any atom is 0.235 e. The summed E-state index contributed by atoms with van der Waals surface area (Å²) in [5.41, 5.74) is 10.7. The van der Waals surface area contributed by atoms with Crippen LogP contribution in [0.2, 0.25) is 0 Å². The maximum absolute atomic E-state index is 10.6. The molecular weight excluding hydrogens is 146 g/mol. The molecule has 0 aromatic rings. The van der Waals surface area contributed by atoms with Gasteiger partial charge in [0.2, 0.25) is 5.91 Å². The summed E-state index contributed by atoms with van der Waals surface area (Å²) in [5.74, 6) is -0.349. The van der Waals surface area contributed by atoms with Gasteiger partial charge in [-0.1, -0.05) is 0 Å². The molecule has 0 aromatic carbocycles. The third-order valence-corrected chi connectivity index (χ3v) is 1.80. The average Bonchev–Trinajstić information content (AvgIpc) is 2.37. The summed E-state index contributed by atoms with van der Waals surface area (Å²) >= 11 is 0. The lowest BCUT2D eigenvalue weighted by atomic mass is 10.1. The SMILES string of the molecule is NC(=O)C1CC(CCO)NN1. The Balaban J connectivity index is 2.29. The van der Waals surface area contributed by atoms with Crippen LogP contribution in [-0.4, -0.2) is 29.7 Å². The van der Waals surface area contributed by atoms with Gasteiger partial charge in [0, 0.05) is 12.6 Å². The lowest BCUT2D eigenvalue weighted by molar-refractivity contribution is -0.119. The van der Waals surface area contributed by atoms with Gasteiger partial charge in [-0.3, -0.25) is 10.2 Å². The largest absolute Gasteiger partial charge is 0.396 e. The van der Waals surface area contributed by atoms with Crippen molar-refractivity contribution < 1.29 is 9.90 Å². The van der Waals surface area contributed by atoms with Gasteiger partial charge < -0.3 is 10.8 Å². The molecule has 5 nitrogen and oxygen atoms in total. The van der Waals surface area contributed by atoms with Gasteiger partial charge in [0.1, 0.15) is 6.04 Å². The molecule has 0 spiro atoms. The molecule has 0 aliphatic carbocycles. The fourth-order valence-corrected chi connectivity index (χ4v) is 1.15. The summed E-state index contributed by atoms with van der Waals surface area (Å²) in [6, 6.07) is -0.121. The zero-order valence-electron chi connectivity index (χ0n) is 6.21. The Hall–Kier alpha value is -0.650. The van der Waals surface area contributed by atoms with Crippen LogP contribution in [0.3, 0.4) is 0 Å². The molecular formula is C6H13N3O2. The van der Waals surface area contributed by atoms with Gasteiger partial charge in [-0.15, -0.1) is 0 Å². The van der Waals surface area contributed by atoms with E-state index in [2.05, 4.69) is 10.9 Å². The van der Waals surface area contributed by atoms with Crippen molar-refractivity contribution in [3.05, 3.63) is 0 Å². The van der Waals surface area contributed by atoms with E-state index in [0.717, 1.165) is 0 Å². The summed E-state index contributed by atoms with van der Waals surface area (Å²) in [4.78, 5) is 10.6. The number of aliphatic hydroxyl groups excluding tert-OH is 1.